The molecule has 2 bridgehead atoms. The van der Waals surface area contributed by atoms with Gasteiger partial charge in [0.25, 0.3) is 0 Å². The van der Waals surface area contributed by atoms with E-state index in [4.69, 9.17) is 4.74 Å². The van der Waals surface area contributed by atoms with Crippen molar-refractivity contribution in [3.05, 3.63) is 0 Å². The van der Waals surface area contributed by atoms with E-state index in [0.29, 0.717) is 5.44 Å². The van der Waals surface area contributed by atoms with Crippen LogP contribution >= 0.6 is 11.8 Å². The SMILES string of the molecule is CC[C@]1(O[C@@H](C)SC)CN2CCC1CC2. The Labute approximate surface area is 97.7 Å². The van der Waals surface area contributed by atoms with Gasteiger partial charge in [0.05, 0.1) is 5.60 Å². The fourth-order valence-corrected chi connectivity index (χ4v) is 3.41. The Bertz CT molecular complexity index is 216. The van der Waals surface area contributed by atoms with E-state index in [1.165, 1.54) is 38.9 Å². The number of rotatable bonds is 4. The van der Waals surface area contributed by atoms with E-state index < -0.39 is 0 Å². The van der Waals surface area contributed by atoms with Crippen molar-refractivity contribution in [1.29, 1.82) is 0 Å². The van der Waals surface area contributed by atoms with E-state index in [2.05, 4.69) is 25.0 Å². The minimum Gasteiger partial charge on any atom is -0.360 e. The van der Waals surface area contributed by atoms with Crippen molar-refractivity contribution >= 4 is 11.8 Å². The van der Waals surface area contributed by atoms with Crippen molar-refractivity contribution in [3.8, 4) is 0 Å². The number of nitrogens with zero attached hydrogens (tertiary/aromatic N) is 1. The van der Waals surface area contributed by atoms with Gasteiger partial charge in [-0.15, -0.1) is 11.8 Å². The zero-order valence-corrected chi connectivity index (χ0v) is 11.0. The maximum absolute atomic E-state index is 6.33. The van der Waals surface area contributed by atoms with Gasteiger partial charge in [-0.3, -0.25) is 0 Å². The largest absolute Gasteiger partial charge is 0.360 e. The Balaban J connectivity index is 2.07. The van der Waals surface area contributed by atoms with Gasteiger partial charge in [0.1, 0.15) is 5.44 Å². The van der Waals surface area contributed by atoms with Gasteiger partial charge in [-0.05, 0) is 51.4 Å². The molecule has 2 atom stereocenters. The summed E-state index contributed by atoms with van der Waals surface area (Å²) in [4.78, 5) is 2.58. The highest BCUT2D eigenvalue weighted by Gasteiger charge is 2.47. The van der Waals surface area contributed by atoms with Gasteiger partial charge in [0.15, 0.2) is 0 Å². The topological polar surface area (TPSA) is 12.5 Å². The molecule has 0 saturated carbocycles. The van der Waals surface area contributed by atoms with Crippen LogP contribution in [0.15, 0.2) is 0 Å². The molecule has 0 N–H and O–H groups in total. The Hall–Kier alpha value is 0.270. The van der Waals surface area contributed by atoms with E-state index in [1.54, 1.807) is 0 Å². The maximum atomic E-state index is 6.33. The minimum atomic E-state index is 0.166. The van der Waals surface area contributed by atoms with Gasteiger partial charge in [-0.25, -0.2) is 0 Å². The second kappa shape index (κ2) is 4.64. The molecule has 3 aliphatic heterocycles. The maximum Gasteiger partial charge on any atom is 0.100 e. The smallest absolute Gasteiger partial charge is 0.100 e. The number of piperidine rings is 3. The van der Waals surface area contributed by atoms with Gasteiger partial charge in [-0.2, -0.15) is 0 Å². The lowest BCUT2D eigenvalue weighted by molar-refractivity contribution is -0.159. The zero-order valence-electron chi connectivity index (χ0n) is 10.2. The van der Waals surface area contributed by atoms with E-state index in [9.17, 15) is 0 Å². The molecule has 0 aromatic carbocycles. The number of hydrogen-bond donors (Lipinski definition) is 0. The molecule has 15 heavy (non-hydrogen) atoms. The molecule has 0 unspecified atom stereocenters. The first-order valence-electron chi connectivity index (χ1n) is 6.13. The number of hydrogen-bond acceptors (Lipinski definition) is 3. The Morgan fingerprint density at radius 3 is 2.53 bits per heavy atom. The van der Waals surface area contributed by atoms with Crippen LogP contribution in [0.1, 0.15) is 33.1 Å². The van der Waals surface area contributed by atoms with Crippen LogP contribution in [0.5, 0.6) is 0 Å². The average molecular weight is 229 g/mol. The molecule has 3 heteroatoms. The molecule has 88 valence electrons. The van der Waals surface area contributed by atoms with Gasteiger partial charge in [0.2, 0.25) is 0 Å². The van der Waals surface area contributed by atoms with Crippen LogP contribution in [0, 0.1) is 5.92 Å². The van der Waals surface area contributed by atoms with Crippen molar-refractivity contribution in [1.82, 2.24) is 4.90 Å². The minimum absolute atomic E-state index is 0.166. The molecular formula is C12H23NOS. The van der Waals surface area contributed by atoms with Crippen LogP contribution in [0.2, 0.25) is 0 Å². The Kier molecular flexibility index (Phi) is 3.63. The van der Waals surface area contributed by atoms with E-state index >= 15 is 0 Å². The van der Waals surface area contributed by atoms with E-state index in [-0.39, 0.29) is 5.60 Å². The fraction of sp³-hybridized carbons (Fsp3) is 1.00. The normalized spacial score (nSPS) is 41.8. The van der Waals surface area contributed by atoms with Gasteiger partial charge in [-0.1, -0.05) is 6.92 Å². The highest BCUT2D eigenvalue weighted by atomic mass is 32.2. The summed E-state index contributed by atoms with van der Waals surface area (Å²) in [5.41, 5.74) is 0.504. The molecule has 0 aromatic rings. The molecule has 3 saturated heterocycles. The summed E-state index contributed by atoms with van der Waals surface area (Å²) in [6.07, 6.45) is 5.98. The Morgan fingerprint density at radius 1 is 1.47 bits per heavy atom. The van der Waals surface area contributed by atoms with Crippen molar-refractivity contribution in [2.24, 2.45) is 5.92 Å². The van der Waals surface area contributed by atoms with Crippen LogP contribution in [0.25, 0.3) is 0 Å². The highest BCUT2D eigenvalue weighted by Crippen LogP contribution is 2.41. The average Bonchev–Trinajstić information content (AvgIpc) is 2.30. The van der Waals surface area contributed by atoms with Crippen LogP contribution in [0.4, 0.5) is 0 Å². The lowest BCUT2D eigenvalue weighted by Gasteiger charge is -2.53. The second-order valence-corrected chi connectivity index (χ2v) is 6.03. The molecule has 0 spiro atoms. The number of ether oxygens (including phenoxy) is 1. The van der Waals surface area contributed by atoms with Crippen molar-refractivity contribution in [3.63, 3.8) is 0 Å². The molecule has 0 radical (unpaired) electrons. The van der Waals surface area contributed by atoms with Crippen LogP contribution in [-0.4, -0.2) is 41.8 Å². The van der Waals surface area contributed by atoms with Crippen LogP contribution in [-0.2, 0) is 4.74 Å². The molecule has 0 amide bonds. The summed E-state index contributed by atoms with van der Waals surface area (Å²) >= 11 is 1.82. The van der Waals surface area contributed by atoms with Gasteiger partial charge in [0, 0.05) is 6.54 Å². The lowest BCUT2D eigenvalue weighted by atomic mass is 9.74. The molecule has 2 nitrogen and oxygen atoms in total. The summed E-state index contributed by atoms with van der Waals surface area (Å²) in [5, 5.41) is 0. The molecule has 0 aliphatic carbocycles. The molecule has 0 aromatic heterocycles. The zero-order chi connectivity index (χ0) is 10.9. The summed E-state index contributed by atoms with van der Waals surface area (Å²) < 4.78 is 6.33. The first-order chi connectivity index (χ1) is 7.20. The number of fused-ring (bicyclic) bond motifs is 3. The van der Waals surface area contributed by atoms with Gasteiger partial charge < -0.3 is 9.64 Å². The van der Waals surface area contributed by atoms with Crippen LogP contribution in [0.3, 0.4) is 0 Å². The quantitative estimate of drug-likeness (QED) is 0.688. The molecular weight excluding hydrogens is 206 g/mol. The molecule has 3 fully saturated rings. The standard InChI is InChI=1S/C12H23NOS/c1-4-12(14-10(2)15-3)9-13-7-5-11(12)6-8-13/h10-11H,4-9H2,1-3H3/t10-,12+/m1/s1. The molecule has 3 heterocycles. The lowest BCUT2D eigenvalue weighted by Crippen LogP contribution is -2.60. The third kappa shape index (κ3) is 2.20. The fourth-order valence-electron chi connectivity index (χ4n) is 3.12. The number of thioether (sulfide) groups is 1. The third-order valence-electron chi connectivity index (χ3n) is 4.15. The van der Waals surface area contributed by atoms with Crippen LogP contribution < -0.4 is 0 Å². The third-order valence-corrected chi connectivity index (χ3v) is 4.91. The predicted octanol–water partition coefficient (Wildman–Crippen LogP) is 2.59. The molecule has 3 rings (SSSR count). The van der Waals surface area contributed by atoms with Gasteiger partial charge >= 0.3 is 0 Å². The van der Waals surface area contributed by atoms with Crippen molar-refractivity contribution < 1.29 is 4.74 Å². The first kappa shape index (κ1) is 11.7. The molecule has 3 aliphatic rings. The summed E-state index contributed by atoms with van der Waals surface area (Å²) in [6.45, 7) is 8.22. The Morgan fingerprint density at radius 2 is 2.13 bits per heavy atom. The van der Waals surface area contributed by atoms with Crippen molar-refractivity contribution in [2.75, 3.05) is 25.9 Å². The first-order valence-corrected chi connectivity index (χ1v) is 7.42. The van der Waals surface area contributed by atoms with E-state index in [1.807, 2.05) is 11.8 Å². The van der Waals surface area contributed by atoms with E-state index in [0.717, 1.165) is 5.92 Å². The summed E-state index contributed by atoms with van der Waals surface area (Å²) in [5.74, 6) is 0.807. The summed E-state index contributed by atoms with van der Waals surface area (Å²) in [7, 11) is 0. The monoisotopic (exact) mass is 229 g/mol. The highest BCUT2D eigenvalue weighted by molar-refractivity contribution is 7.99. The predicted molar refractivity (Wildman–Crippen MR) is 66.2 cm³/mol. The summed E-state index contributed by atoms with van der Waals surface area (Å²) in [6, 6.07) is 0. The van der Waals surface area contributed by atoms with Crippen molar-refractivity contribution in [2.45, 2.75) is 44.1 Å². The second-order valence-electron chi connectivity index (χ2n) is 4.89.